The molecular formula is C34H53NO7. The van der Waals surface area contributed by atoms with Crippen LogP contribution in [0.3, 0.4) is 0 Å². The summed E-state index contributed by atoms with van der Waals surface area (Å²) in [7, 11) is 0. The number of rotatable bonds is 13. The van der Waals surface area contributed by atoms with Crippen LogP contribution in [-0.2, 0) is 23.9 Å². The Balaban J connectivity index is 1.35. The van der Waals surface area contributed by atoms with E-state index in [-0.39, 0.29) is 17.9 Å². The highest BCUT2D eigenvalue weighted by atomic mass is 16.5. The molecule has 0 heterocycles. The highest BCUT2D eigenvalue weighted by Gasteiger charge is 2.58. The molecule has 236 valence electrons. The SMILES string of the molecule is CC(C)CCCCC1CCC2C3CC=C4CC(OC(=O)CN(CC(=O)O)C(=O)CCC(=O)O)CCC4(C)C3CCC12C. The predicted octanol–water partition coefficient (Wildman–Crippen LogP) is 6.47. The summed E-state index contributed by atoms with van der Waals surface area (Å²) >= 11 is 0. The van der Waals surface area contributed by atoms with Crippen molar-refractivity contribution in [2.24, 2.45) is 40.4 Å². The summed E-state index contributed by atoms with van der Waals surface area (Å²) in [6.45, 7) is 8.53. The van der Waals surface area contributed by atoms with Crippen molar-refractivity contribution in [1.29, 1.82) is 0 Å². The van der Waals surface area contributed by atoms with Gasteiger partial charge in [-0.25, -0.2) is 0 Å². The summed E-state index contributed by atoms with van der Waals surface area (Å²) in [4.78, 5) is 48.1. The molecule has 7 unspecified atom stereocenters. The number of nitrogens with zero attached hydrogens (tertiary/aromatic N) is 1. The molecule has 0 saturated heterocycles. The van der Waals surface area contributed by atoms with Gasteiger partial charge in [0.2, 0.25) is 5.91 Å². The van der Waals surface area contributed by atoms with Crippen LogP contribution in [0, 0.1) is 40.4 Å². The van der Waals surface area contributed by atoms with Crippen LogP contribution < -0.4 is 0 Å². The first-order chi connectivity index (χ1) is 19.8. The maximum Gasteiger partial charge on any atom is 0.325 e. The van der Waals surface area contributed by atoms with Crippen LogP contribution in [0.2, 0.25) is 0 Å². The van der Waals surface area contributed by atoms with Gasteiger partial charge in [-0.2, -0.15) is 0 Å². The Bertz CT molecular complexity index is 1050. The molecule has 2 N–H and O–H groups in total. The maximum absolute atomic E-state index is 12.8. The van der Waals surface area contributed by atoms with Crippen molar-refractivity contribution in [3.05, 3.63) is 11.6 Å². The van der Waals surface area contributed by atoms with Crippen molar-refractivity contribution < 1.29 is 34.1 Å². The Morgan fingerprint density at radius 3 is 2.40 bits per heavy atom. The number of amides is 1. The molecule has 0 bridgehead atoms. The van der Waals surface area contributed by atoms with Gasteiger partial charge in [-0.3, -0.25) is 19.2 Å². The third-order valence-corrected chi connectivity index (χ3v) is 11.7. The van der Waals surface area contributed by atoms with Crippen LogP contribution in [-0.4, -0.2) is 58.1 Å². The Morgan fingerprint density at radius 2 is 1.71 bits per heavy atom. The number of aliphatic carboxylic acids is 2. The van der Waals surface area contributed by atoms with Crippen molar-refractivity contribution in [3.8, 4) is 0 Å². The Hall–Kier alpha value is -2.38. The van der Waals surface area contributed by atoms with Crippen LogP contribution >= 0.6 is 0 Å². The van der Waals surface area contributed by atoms with Gasteiger partial charge in [-0.1, -0.05) is 58.6 Å². The Morgan fingerprint density at radius 1 is 0.952 bits per heavy atom. The van der Waals surface area contributed by atoms with Crippen LogP contribution in [0.1, 0.15) is 118 Å². The van der Waals surface area contributed by atoms with Gasteiger partial charge in [-0.05, 0) is 91.8 Å². The first-order valence-corrected chi connectivity index (χ1v) is 16.4. The first kappa shape index (κ1) is 32.5. The number of carbonyl (C=O) groups is 4. The van der Waals surface area contributed by atoms with E-state index in [1.165, 1.54) is 56.9 Å². The second kappa shape index (κ2) is 13.5. The normalized spacial score (nSPS) is 33.6. The molecule has 4 aliphatic rings. The zero-order chi connectivity index (χ0) is 30.7. The van der Waals surface area contributed by atoms with E-state index >= 15 is 0 Å². The van der Waals surface area contributed by atoms with Crippen molar-refractivity contribution in [1.82, 2.24) is 4.90 Å². The molecule has 3 saturated carbocycles. The maximum atomic E-state index is 12.8. The Kier molecular flexibility index (Phi) is 10.5. The zero-order valence-corrected chi connectivity index (χ0v) is 26.2. The smallest absolute Gasteiger partial charge is 0.325 e. The molecule has 3 fully saturated rings. The minimum absolute atomic E-state index is 0.130. The highest BCUT2D eigenvalue weighted by molar-refractivity contribution is 5.87. The monoisotopic (exact) mass is 587 g/mol. The number of unbranched alkanes of at least 4 members (excludes halogenated alkanes) is 1. The summed E-state index contributed by atoms with van der Waals surface area (Å²) in [5.41, 5.74) is 2.00. The summed E-state index contributed by atoms with van der Waals surface area (Å²) in [6, 6.07) is 0. The molecule has 1 amide bonds. The lowest BCUT2D eigenvalue weighted by Gasteiger charge is -2.58. The highest BCUT2D eigenvalue weighted by Crippen LogP contribution is 2.66. The summed E-state index contributed by atoms with van der Waals surface area (Å²) in [5.74, 6) is 0.136. The van der Waals surface area contributed by atoms with E-state index in [1.54, 1.807) is 0 Å². The number of allylic oxidation sites excluding steroid dienone is 1. The zero-order valence-electron chi connectivity index (χ0n) is 26.2. The quantitative estimate of drug-likeness (QED) is 0.144. The van der Waals surface area contributed by atoms with Gasteiger partial charge < -0.3 is 19.8 Å². The summed E-state index contributed by atoms with van der Waals surface area (Å²) in [6.07, 6.45) is 15.7. The van der Waals surface area contributed by atoms with Crippen LogP contribution in [0.15, 0.2) is 11.6 Å². The average Bonchev–Trinajstić information content (AvgIpc) is 3.25. The average molecular weight is 588 g/mol. The summed E-state index contributed by atoms with van der Waals surface area (Å²) in [5, 5.41) is 18.0. The standard InChI is InChI=1S/C34H53NO7/c1-22(2)7-5-6-8-23-10-12-27-26-11-9-24-19-25(15-17-34(24,4)28(26)16-18-33(23,27)3)42-32(41)21-35(20-31(39)40)29(36)13-14-30(37)38/h9,22-23,25-28H,5-8,10-21H2,1-4H3,(H,37,38)(H,39,40). The van der Waals surface area contributed by atoms with Crippen molar-refractivity contribution in [2.75, 3.05) is 13.1 Å². The fourth-order valence-corrected chi connectivity index (χ4v) is 9.40. The Labute approximate surface area is 251 Å². The van der Waals surface area contributed by atoms with Gasteiger partial charge in [0.25, 0.3) is 0 Å². The van der Waals surface area contributed by atoms with E-state index in [0.29, 0.717) is 17.8 Å². The van der Waals surface area contributed by atoms with Crippen molar-refractivity contribution >= 4 is 23.8 Å². The van der Waals surface area contributed by atoms with Crippen LogP contribution in [0.4, 0.5) is 0 Å². The number of carboxylic acid groups (broad SMARTS) is 2. The van der Waals surface area contributed by atoms with Gasteiger partial charge in [0.1, 0.15) is 19.2 Å². The van der Waals surface area contributed by atoms with Gasteiger partial charge in [0.15, 0.2) is 0 Å². The van der Waals surface area contributed by atoms with Gasteiger partial charge in [0.05, 0.1) is 6.42 Å². The van der Waals surface area contributed by atoms with E-state index in [1.807, 2.05) is 0 Å². The number of carboxylic acids is 2. The molecule has 4 rings (SSSR count). The second-order valence-corrected chi connectivity index (χ2v) is 14.6. The van der Waals surface area contributed by atoms with E-state index < -0.39 is 43.3 Å². The van der Waals surface area contributed by atoms with Crippen molar-refractivity contribution in [2.45, 2.75) is 124 Å². The van der Waals surface area contributed by atoms with E-state index in [0.717, 1.165) is 47.8 Å². The van der Waals surface area contributed by atoms with Crippen molar-refractivity contribution in [3.63, 3.8) is 0 Å². The lowest BCUT2D eigenvalue weighted by atomic mass is 9.47. The molecule has 0 radical (unpaired) electrons. The molecule has 0 aromatic rings. The fourth-order valence-electron chi connectivity index (χ4n) is 9.40. The molecule has 7 atom stereocenters. The molecule has 42 heavy (non-hydrogen) atoms. The molecule has 8 heteroatoms. The van der Waals surface area contributed by atoms with Gasteiger partial charge >= 0.3 is 17.9 Å². The van der Waals surface area contributed by atoms with E-state index in [9.17, 15) is 24.3 Å². The molecular weight excluding hydrogens is 534 g/mol. The topological polar surface area (TPSA) is 121 Å². The third-order valence-electron chi connectivity index (χ3n) is 11.7. The van der Waals surface area contributed by atoms with Crippen LogP contribution in [0.25, 0.3) is 0 Å². The summed E-state index contributed by atoms with van der Waals surface area (Å²) < 4.78 is 5.79. The minimum Gasteiger partial charge on any atom is -0.481 e. The molecule has 8 nitrogen and oxygen atoms in total. The molecule has 0 aliphatic heterocycles. The fraction of sp³-hybridized carbons (Fsp3) is 0.824. The van der Waals surface area contributed by atoms with E-state index in [4.69, 9.17) is 9.84 Å². The number of esters is 1. The number of fused-ring (bicyclic) bond motifs is 5. The lowest BCUT2D eigenvalue weighted by Crippen LogP contribution is -2.50. The minimum atomic E-state index is -1.26. The number of hydrogen-bond acceptors (Lipinski definition) is 5. The first-order valence-electron chi connectivity index (χ1n) is 16.4. The second-order valence-electron chi connectivity index (χ2n) is 14.6. The molecule has 0 aromatic carbocycles. The third kappa shape index (κ3) is 7.21. The van der Waals surface area contributed by atoms with Crippen LogP contribution in [0.5, 0.6) is 0 Å². The number of ether oxygens (including phenoxy) is 1. The molecule has 4 aliphatic carbocycles. The largest absolute Gasteiger partial charge is 0.481 e. The van der Waals surface area contributed by atoms with E-state index in [2.05, 4.69) is 33.8 Å². The van der Waals surface area contributed by atoms with Gasteiger partial charge in [0, 0.05) is 12.8 Å². The number of hydrogen-bond donors (Lipinski definition) is 2. The molecule has 0 spiro atoms. The van der Waals surface area contributed by atoms with Gasteiger partial charge in [-0.15, -0.1) is 0 Å². The predicted molar refractivity (Wildman–Crippen MR) is 159 cm³/mol. The number of carbonyl (C=O) groups excluding carboxylic acids is 2. The molecule has 0 aromatic heterocycles. The lowest BCUT2D eigenvalue weighted by molar-refractivity contribution is -0.157.